The van der Waals surface area contributed by atoms with Gasteiger partial charge in [-0.2, -0.15) is 0 Å². The van der Waals surface area contributed by atoms with E-state index in [0.717, 1.165) is 0 Å². The lowest BCUT2D eigenvalue weighted by molar-refractivity contribution is 0.669. The van der Waals surface area contributed by atoms with Gasteiger partial charge in [0.1, 0.15) is 11.2 Å². The molecule has 0 bridgehead atoms. The van der Waals surface area contributed by atoms with Gasteiger partial charge in [0.15, 0.2) is 0 Å². The quantitative estimate of drug-likeness (QED) is 0.195. The van der Waals surface area contributed by atoms with Crippen molar-refractivity contribution in [2.75, 3.05) is 4.90 Å². The number of nitrogens with zero attached hydrogens (tertiary/aromatic N) is 1. The van der Waals surface area contributed by atoms with Gasteiger partial charge in [-0.3, -0.25) is 0 Å². The molecule has 0 N–H and O–H groups in total. The van der Waals surface area contributed by atoms with Crippen LogP contribution in [0.2, 0.25) is 0 Å². The molecule has 0 unspecified atom stereocenters. The smallest absolute Gasteiger partial charge is 0.136 e. The molecule has 216 valence electrons. The van der Waals surface area contributed by atoms with Crippen molar-refractivity contribution in [1.82, 2.24) is 0 Å². The topological polar surface area (TPSA) is 16.4 Å². The maximum atomic E-state index is 9.76. The molecular formula is C44H29NO. The molecule has 0 aliphatic rings. The zero-order valence-electron chi connectivity index (χ0n) is 38.0. The second-order valence-corrected chi connectivity index (χ2v) is 10.7. The Labute approximate surface area is 287 Å². The van der Waals surface area contributed by atoms with Gasteiger partial charge in [-0.1, -0.05) is 121 Å². The van der Waals surface area contributed by atoms with E-state index in [-0.39, 0.29) is 41.0 Å². The maximum absolute atomic E-state index is 9.76. The second kappa shape index (κ2) is 10.8. The summed E-state index contributed by atoms with van der Waals surface area (Å²) in [4.78, 5) is 1.49. The molecule has 0 fully saturated rings. The Kier molecular flexibility index (Phi) is 3.70. The minimum Gasteiger partial charge on any atom is -0.456 e. The Morgan fingerprint density at radius 3 is 2.07 bits per heavy atom. The first-order valence-corrected chi connectivity index (χ1v) is 14.5. The van der Waals surface area contributed by atoms with Crippen molar-refractivity contribution < 1.29 is 23.6 Å². The van der Waals surface area contributed by atoms with Crippen molar-refractivity contribution in [2.45, 2.75) is 0 Å². The highest BCUT2D eigenvalue weighted by Gasteiger charge is 2.17. The van der Waals surface area contributed by atoms with Gasteiger partial charge in [0, 0.05) is 27.8 Å². The Morgan fingerprint density at radius 2 is 1.22 bits per heavy atom. The van der Waals surface area contributed by atoms with Gasteiger partial charge in [-0.25, -0.2) is 0 Å². The predicted molar refractivity (Wildman–Crippen MR) is 194 cm³/mol. The summed E-state index contributed by atoms with van der Waals surface area (Å²) < 4.78 is 127. The number of hydrogen-bond donors (Lipinski definition) is 0. The van der Waals surface area contributed by atoms with Crippen LogP contribution in [0.25, 0.3) is 65.7 Å². The van der Waals surface area contributed by atoms with E-state index in [1.54, 1.807) is 66.7 Å². The van der Waals surface area contributed by atoms with Crippen LogP contribution in [0.3, 0.4) is 0 Å². The molecule has 0 saturated heterocycles. The van der Waals surface area contributed by atoms with Crippen LogP contribution < -0.4 is 4.90 Å². The lowest BCUT2D eigenvalue weighted by atomic mass is 9.93. The third kappa shape index (κ3) is 4.43. The van der Waals surface area contributed by atoms with Gasteiger partial charge in [-0.15, -0.1) is 0 Å². The SMILES string of the molecule is [2H]c1c([2H])c([2H])c(-c2ccc(N(c3cc(-c4ccc5c([2H])c([2H])c6oc7cccc([2H])c7c6c5c4[2H])c4ccccc4c3)c3c([2H])c([2H])c([2H])c([2H])c3[2H])cc2)c([2H])c1[2H]. The second-order valence-electron chi connectivity index (χ2n) is 10.7. The number of fused-ring (bicyclic) bond motifs is 6. The van der Waals surface area contributed by atoms with E-state index in [9.17, 15) is 1.37 Å². The fraction of sp³-hybridized carbons (Fsp3) is 0. The lowest BCUT2D eigenvalue weighted by Crippen LogP contribution is -2.10. The van der Waals surface area contributed by atoms with Crippen molar-refractivity contribution in [3.8, 4) is 22.3 Å². The van der Waals surface area contributed by atoms with Crippen LogP contribution >= 0.6 is 0 Å². The van der Waals surface area contributed by atoms with E-state index in [1.807, 2.05) is 24.3 Å². The number of hydrogen-bond acceptors (Lipinski definition) is 2. The maximum Gasteiger partial charge on any atom is 0.136 e. The van der Waals surface area contributed by atoms with E-state index < -0.39 is 60.4 Å². The molecule has 1 aromatic heterocycles. The third-order valence-corrected chi connectivity index (χ3v) is 8.03. The van der Waals surface area contributed by atoms with Gasteiger partial charge in [0.2, 0.25) is 0 Å². The van der Waals surface area contributed by atoms with E-state index in [2.05, 4.69) is 0 Å². The normalized spacial score (nSPS) is 15.7. The van der Waals surface area contributed by atoms with Crippen molar-refractivity contribution in [3.63, 3.8) is 0 Å². The molecule has 1 heterocycles. The van der Waals surface area contributed by atoms with Crippen LogP contribution in [-0.2, 0) is 0 Å². The summed E-state index contributed by atoms with van der Waals surface area (Å²) in [5.74, 6) is 0. The molecule has 2 nitrogen and oxygen atoms in total. The van der Waals surface area contributed by atoms with Crippen molar-refractivity contribution in [2.24, 2.45) is 0 Å². The number of para-hydroxylation sites is 2. The summed E-state index contributed by atoms with van der Waals surface area (Å²) in [6.07, 6.45) is 0. The molecule has 0 spiro atoms. The van der Waals surface area contributed by atoms with Crippen LogP contribution in [0, 0.1) is 0 Å². The molecule has 0 aliphatic carbocycles. The Hall–Kier alpha value is -6.12. The van der Waals surface area contributed by atoms with E-state index in [4.69, 9.17) is 22.2 Å². The summed E-state index contributed by atoms with van der Waals surface area (Å²) >= 11 is 0. The van der Waals surface area contributed by atoms with Gasteiger partial charge in [-0.05, 0) is 98.3 Å². The highest BCUT2D eigenvalue weighted by Crippen LogP contribution is 2.42. The van der Waals surface area contributed by atoms with Crippen LogP contribution in [0.1, 0.15) is 19.2 Å². The van der Waals surface area contributed by atoms with Crippen molar-refractivity contribution >= 4 is 60.5 Å². The summed E-state index contributed by atoms with van der Waals surface area (Å²) in [7, 11) is 0. The molecule has 2 heteroatoms. The Balaban J connectivity index is 1.34. The Morgan fingerprint density at radius 1 is 0.457 bits per heavy atom. The van der Waals surface area contributed by atoms with Gasteiger partial charge < -0.3 is 9.32 Å². The zero-order chi connectivity index (χ0) is 42.6. The first-order valence-electron chi connectivity index (χ1n) is 21.5. The molecule has 0 radical (unpaired) electrons. The number of anilines is 3. The van der Waals surface area contributed by atoms with Crippen LogP contribution in [0.5, 0.6) is 0 Å². The highest BCUT2D eigenvalue weighted by molar-refractivity contribution is 6.19. The minimum absolute atomic E-state index is 0.00316. The van der Waals surface area contributed by atoms with Crippen molar-refractivity contribution in [1.29, 1.82) is 0 Å². The zero-order valence-corrected chi connectivity index (χ0v) is 24.0. The molecule has 0 atom stereocenters. The predicted octanol–water partition coefficient (Wildman–Crippen LogP) is 12.7. The van der Waals surface area contributed by atoms with Crippen LogP contribution in [0.15, 0.2) is 180 Å². The van der Waals surface area contributed by atoms with Crippen LogP contribution in [0.4, 0.5) is 17.1 Å². The molecule has 0 amide bonds. The number of furan rings is 1. The first-order chi connectivity index (χ1) is 28.6. The number of rotatable bonds is 5. The molecule has 0 aliphatic heterocycles. The van der Waals surface area contributed by atoms with Gasteiger partial charge in [0.05, 0.1) is 19.2 Å². The summed E-state index contributed by atoms with van der Waals surface area (Å²) in [6.45, 7) is 0. The fourth-order valence-electron chi connectivity index (χ4n) is 5.96. The average Bonchev–Trinajstić information content (AvgIpc) is 3.65. The molecule has 46 heavy (non-hydrogen) atoms. The summed E-state index contributed by atoms with van der Waals surface area (Å²) in [5, 5.41) is 2.82. The van der Waals surface area contributed by atoms with Gasteiger partial charge >= 0.3 is 0 Å². The molecule has 0 saturated carbocycles. The van der Waals surface area contributed by atoms with E-state index in [1.165, 1.54) is 4.90 Å². The average molecular weight is 602 g/mol. The van der Waals surface area contributed by atoms with E-state index in [0.29, 0.717) is 66.0 Å². The monoisotopic (exact) mass is 601 g/mol. The molecule has 9 aromatic rings. The Bertz CT molecular complexity index is 3270. The standard InChI is InChI=1S/C44H29NO/c1-3-11-30(12-4-1)31-21-24-36(25-22-31)45(35-14-5-2-6-15-35)37-27-33-13-7-8-16-38(33)40(29-37)34-20-19-32-23-26-43-44(41(32)28-34)39-17-9-10-18-42(39)46-43/h1-29H/i1D,2D,3D,4D,5D,6D,11D,12D,14D,15D,17D,23D,26D,28D. The molecule has 9 rings (SSSR count). The number of benzene rings is 8. The van der Waals surface area contributed by atoms with Crippen LogP contribution in [-0.4, -0.2) is 0 Å². The first kappa shape index (κ1) is 15.7. The lowest BCUT2D eigenvalue weighted by Gasteiger charge is -2.27. The third-order valence-electron chi connectivity index (χ3n) is 8.03. The summed E-state index contributed by atoms with van der Waals surface area (Å²) in [6, 6.07) is 20.2. The van der Waals surface area contributed by atoms with E-state index >= 15 is 0 Å². The van der Waals surface area contributed by atoms with Gasteiger partial charge in [0.25, 0.3) is 0 Å². The molecular weight excluding hydrogens is 558 g/mol. The largest absolute Gasteiger partial charge is 0.456 e. The fourth-order valence-corrected chi connectivity index (χ4v) is 5.96. The highest BCUT2D eigenvalue weighted by atomic mass is 16.3. The minimum atomic E-state index is -0.585. The molecule has 8 aromatic carbocycles. The van der Waals surface area contributed by atoms with Crippen molar-refractivity contribution in [3.05, 3.63) is 176 Å². The summed E-state index contributed by atoms with van der Waals surface area (Å²) in [5.41, 5.74) is 2.11.